The zero-order chi connectivity index (χ0) is 20.3. The van der Waals surface area contributed by atoms with Gasteiger partial charge in [0.2, 0.25) is 0 Å². The summed E-state index contributed by atoms with van der Waals surface area (Å²) in [6.07, 6.45) is 6.58. The van der Waals surface area contributed by atoms with E-state index in [4.69, 9.17) is 9.47 Å². The molecule has 1 aromatic heterocycles. The number of hydrogen-bond acceptors (Lipinski definition) is 5. The summed E-state index contributed by atoms with van der Waals surface area (Å²) in [5.41, 5.74) is 1.88. The van der Waals surface area contributed by atoms with Crippen molar-refractivity contribution in [2.45, 2.75) is 33.6 Å². The lowest BCUT2D eigenvalue weighted by Gasteiger charge is -2.21. The third-order valence-corrected chi connectivity index (χ3v) is 5.02. The van der Waals surface area contributed by atoms with Gasteiger partial charge in [-0.2, -0.15) is 0 Å². The summed E-state index contributed by atoms with van der Waals surface area (Å²) in [6.45, 7) is 5.72. The molecule has 0 bridgehead atoms. The predicted molar refractivity (Wildman–Crippen MR) is 107 cm³/mol. The van der Waals surface area contributed by atoms with Crippen LogP contribution >= 0.6 is 0 Å². The summed E-state index contributed by atoms with van der Waals surface area (Å²) >= 11 is 0. The molecule has 0 spiro atoms. The summed E-state index contributed by atoms with van der Waals surface area (Å²) in [5.74, 6) is 1.10. The maximum Gasteiger partial charge on any atom is 0.319 e. The monoisotopic (exact) mass is 382 g/mol. The first kappa shape index (κ1) is 19.9. The van der Waals surface area contributed by atoms with Gasteiger partial charge in [-0.3, -0.25) is 9.59 Å². The maximum absolute atomic E-state index is 12.5. The van der Waals surface area contributed by atoms with E-state index in [-0.39, 0.29) is 18.8 Å². The molecule has 3 rings (SSSR count). The van der Waals surface area contributed by atoms with E-state index < -0.39 is 11.4 Å². The van der Waals surface area contributed by atoms with Crippen LogP contribution in [0.3, 0.4) is 0 Å². The Kier molecular flexibility index (Phi) is 5.68. The molecule has 1 aliphatic heterocycles. The zero-order valence-corrected chi connectivity index (χ0v) is 16.8. The summed E-state index contributed by atoms with van der Waals surface area (Å²) in [5, 5.41) is 0. The second-order valence-electron chi connectivity index (χ2n) is 7.46. The number of aromatic nitrogens is 2. The molecule has 0 N–H and O–H groups in total. The van der Waals surface area contributed by atoms with Crippen molar-refractivity contribution in [3.8, 4) is 5.75 Å². The average molecular weight is 382 g/mol. The Morgan fingerprint density at radius 1 is 1.32 bits per heavy atom. The molecule has 6 heteroatoms. The second-order valence-corrected chi connectivity index (χ2v) is 7.46. The van der Waals surface area contributed by atoms with Crippen LogP contribution in [0.2, 0.25) is 0 Å². The molecule has 1 aliphatic rings. The number of nitrogens with zero attached hydrogens (tertiary/aromatic N) is 2. The summed E-state index contributed by atoms with van der Waals surface area (Å²) in [6, 6.07) is 5.92. The number of ether oxygens (including phenoxy) is 2. The lowest BCUT2D eigenvalue weighted by molar-refractivity contribution is -0.157. The minimum absolute atomic E-state index is 0.121. The van der Waals surface area contributed by atoms with Gasteiger partial charge in [-0.15, -0.1) is 0 Å². The first-order valence-electron chi connectivity index (χ1n) is 9.47. The number of ketones is 1. The Labute approximate surface area is 165 Å². The molecule has 0 saturated carbocycles. The number of esters is 1. The van der Waals surface area contributed by atoms with Gasteiger partial charge in [0.05, 0.1) is 6.61 Å². The van der Waals surface area contributed by atoms with Crippen molar-refractivity contribution in [2.75, 3.05) is 13.2 Å². The third-order valence-electron chi connectivity index (χ3n) is 5.02. The van der Waals surface area contributed by atoms with Crippen LogP contribution in [0.4, 0.5) is 0 Å². The van der Waals surface area contributed by atoms with E-state index in [2.05, 4.69) is 11.1 Å². The van der Waals surface area contributed by atoms with Crippen molar-refractivity contribution in [1.29, 1.82) is 0 Å². The smallest absolute Gasteiger partial charge is 0.319 e. The topological polar surface area (TPSA) is 70.4 Å². The highest BCUT2D eigenvalue weighted by Gasteiger charge is 2.36. The van der Waals surface area contributed by atoms with Crippen LogP contribution < -0.4 is 4.74 Å². The van der Waals surface area contributed by atoms with E-state index >= 15 is 0 Å². The van der Waals surface area contributed by atoms with Crippen LogP contribution in [0, 0.1) is 5.41 Å². The fourth-order valence-corrected chi connectivity index (χ4v) is 3.18. The molecule has 0 fully saturated rings. The van der Waals surface area contributed by atoms with Gasteiger partial charge in [-0.05, 0) is 51.0 Å². The van der Waals surface area contributed by atoms with E-state index in [1.54, 1.807) is 27.0 Å². The number of aryl methyl sites for hydroxylation is 2. The van der Waals surface area contributed by atoms with Gasteiger partial charge in [-0.25, -0.2) is 4.98 Å². The average Bonchev–Trinajstić information content (AvgIpc) is 3.11. The minimum atomic E-state index is -1.13. The number of fused-ring (bicyclic) bond motifs is 1. The lowest BCUT2D eigenvalue weighted by Crippen LogP contribution is -2.35. The number of imidazole rings is 1. The Morgan fingerprint density at radius 3 is 2.79 bits per heavy atom. The van der Waals surface area contributed by atoms with E-state index in [0.29, 0.717) is 13.0 Å². The molecular weight excluding hydrogens is 356 g/mol. The normalized spacial score (nSPS) is 13.4. The van der Waals surface area contributed by atoms with Crippen molar-refractivity contribution in [3.05, 3.63) is 47.5 Å². The van der Waals surface area contributed by atoms with Crippen molar-refractivity contribution in [3.63, 3.8) is 0 Å². The Bertz CT molecular complexity index is 924. The highest BCUT2D eigenvalue weighted by Crippen LogP contribution is 2.31. The molecule has 0 radical (unpaired) electrons. The third kappa shape index (κ3) is 4.01. The van der Waals surface area contributed by atoms with Gasteiger partial charge >= 0.3 is 5.97 Å². The van der Waals surface area contributed by atoms with Crippen molar-refractivity contribution in [1.82, 2.24) is 9.55 Å². The van der Waals surface area contributed by atoms with Crippen molar-refractivity contribution in [2.24, 2.45) is 12.5 Å². The van der Waals surface area contributed by atoms with Crippen LogP contribution in [-0.4, -0.2) is 34.5 Å². The Morgan fingerprint density at radius 2 is 2.11 bits per heavy atom. The number of rotatable bonds is 7. The van der Waals surface area contributed by atoms with Crippen molar-refractivity contribution >= 4 is 23.4 Å². The van der Waals surface area contributed by atoms with Gasteiger partial charge in [0.15, 0.2) is 0 Å². The first-order valence-corrected chi connectivity index (χ1v) is 9.47. The molecule has 0 unspecified atom stereocenters. The van der Waals surface area contributed by atoms with Crippen LogP contribution in [0.25, 0.3) is 11.6 Å². The number of benzene rings is 1. The van der Waals surface area contributed by atoms with Gasteiger partial charge < -0.3 is 14.0 Å². The first-order chi connectivity index (χ1) is 13.3. The molecule has 28 heavy (non-hydrogen) atoms. The minimum Gasteiger partial charge on any atom is -0.488 e. The van der Waals surface area contributed by atoms with Crippen LogP contribution in [0.1, 0.15) is 44.1 Å². The standard InChI is InChI=1S/C22H26N2O4/c1-5-27-21(26)22(2,3)19(25)9-7-15-6-8-18-16(12-15)13-17(14-28-18)20-23-10-11-24(20)4/h6,8,10-13H,5,7,9,14H2,1-4H3. The van der Waals surface area contributed by atoms with E-state index in [1.165, 1.54) is 0 Å². The van der Waals surface area contributed by atoms with Gasteiger partial charge in [0.1, 0.15) is 29.4 Å². The van der Waals surface area contributed by atoms with E-state index in [1.807, 2.05) is 36.0 Å². The number of carbonyl (C=O) groups is 2. The van der Waals surface area contributed by atoms with E-state index in [9.17, 15) is 9.59 Å². The Hall–Kier alpha value is -2.89. The van der Waals surface area contributed by atoms with Crippen LogP contribution in [0.5, 0.6) is 5.75 Å². The largest absolute Gasteiger partial charge is 0.488 e. The molecular formula is C22H26N2O4. The molecule has 148 valence electrons. The van der Waals surface area contributed by atoms with Crippen molar-refractivity contribution < 1.29 is 19.1 Å². The highest BCUT2D eigenvalue weighted by molar-refractivity contribution is 6.03. The molecule has 1 aromatic carbocycles. The maximum atomic E-state index is 12.5. The molecule has 6 nitrogen and oxygen atoms in total. The van der Waals surface area contributed by atoms with Gasteiger partial charge in [0.25, 0.3) is 0 Å². The lowest BCUT2D eigenvalue weighted by atomic mass is 9.85. The summed E-state index contributed by atoms with van der Waals surface area (Å²) < 4.78 is 12.8. The second kappa shape index (κ2) is 8.00. The number of Topliss-reactive ketones (excluding diaryl/α,β-unsaturated/α-hetero) is 1. The zero-order valence-electron chi connectivity index (χ0n) is 16.8. The molecule has 2 heterocycles. The van der Waals surface area contributed by atoms with Gasteiger partial charge in [0, 0.05) is 37.0 Å². The molecule has 0 aliphatic carbocycles. The fourth-order valence-electron chi connectivity index (χ4n) is 3.18. The molecule has 0 saturated heterocycles. The number of hydrogen-bond donors (Lipinski definition) is 0. The number of carbonyl (C=O) groups excluding carboxylic acids is 2. The molecule has 0 amide bonds. The fraction of sp³-hybridized carbons (Fsp3) is 0.409. The quantitative estimate of drug-likeness (QED) is 0.542. The van der Waals surface area contributed by atoms with E-state index in [0.717, 1.165) is 28.3 Å². The van der Waals surface area contributed by atoms with Crippen LogP contribution in [0.15, 0.2) is 30.6 Å². The molecule has 0 atom stereocenters. The SMILES string of the molecule is CCOC(=O)C(C)(C)C(=O)CCc1ccc2c(c1)C=C(c1nccn1C)CO2. The van der Waals surface area contributed by atoms with Crippen LogP contribution in [-0.2, 0) is 27.8 Å². The van der Waals surface area contributed by atoms with Gasteiger partial charge in [-0.1, -0.05) is 6.07 Å². The summed E-state index contributed by atoms with van der Waals surface area (Å²) in [4.78, 5) is 28.9. The molecule has 2 aromatic rings. The Balaban J connectivity index is 1.73. The predicted octanol–water partition coefficient (Wildman–Crippen LogP) is 3.44. The highest BCUT2D eigenvalue weighted by atomic mass is 16.5. The summed E-state index contributed by atoms with van der Waals surface area (Å²) in [7, 11) is 1.95.